The van der Waals surface area contributed by atoms with Gasteiger partial charge in [0.2, 0.25) is 5.43 Å². The van der Waals surface area contributed by atoms with Gasteiger partial charge in [0.25, 0.3) is 0 Å². The van der Waals surface area contributed by atoms with Gasteiger partial charge in [0.15, 0.2) is 5.65 Å². The SMILES string of the molecule is Cc1ccc(S(=O)(=O)OC(=O)c2cn(-c3ccc(F)cc3F)c3nc(N4CCC(N)C4)ccc3c2=O)cc1. The fourth-order valence-corrected chi connectivity index (χ4v) is 5.12. The largest absolute Gasteiger partial charge is 0.359 e. The highest BCUT2D eigenvalue weighted by atomic mass is 32.2. The first-order valence-corrected chi connectivity index (χ1v) is 13.0. The van der Waals surface area contributed by atoms with Crippen LogP contribution < -0.4 is 16.1 Å². The number of rotatable bonds is 5. The summed E-state index contributed by atoms with van der Waals surface area (Å²) < 4.78 is 59.7. The van der Waals surface area contributed by atoms with E-state index in [0.29, 0.717) is 25.0 Å². The molecule has 1 aliphatic rings. The molecule has 0 aliphatic carbocycles. The molecule has 2 N–H and O–H groups in total. The summed E-state index contributed by atoms with van der Waals surface area (Å²) in [5.41, 5.74) is 5.02. The van der Waals surface area contributed by atoms with Gasteiger partial charge in [0.1, 0.15) is 27.9 Å². The molecule has 0 spiro atoms. The van der Waals surface area contributed by atoms with E-state index in [-0.39, 0.29) is 27.7 Å². The number of hydrogen-bond acceptors (Lipinski definition) is 8. The van der Waals surface area contributed by atoms with E-state index in [1.165, 1.54) is 30.3 Å². The summed E-state index contributed by atoms with van der Waals surface area (Å²) in [5.74, 6) is -2.81. The number of nitrogens with two attached hydrogens (primary N) is 1. The van der Waals surface area contributed by atoms with Gasteiger partial charge in [-0.3, -0.25) is 9.36 Å². The molecule has 0 radical (unpaired) electrons. The molecule has 1 saturated heterocycles. The maximum absolute atomic E-state index is 14.9. The lowest BCUT2D eigenvalue weighted by molar-refractivity contribution is 0.0745. The highest BCUT2D eigenvalue weighted by Gasteiger charge is 2.27. The van der Waals surface area contributed by atoms with Crippen LogP contribution in [0.1, 0.15) is 22.3 Å². The molecule has 1 aliphatic heterocycles. The zero-order chi connectivity index (χ0) is 27.2. The Morgan fingerprint density at radius 3 is 2.50 bits per heavy atom. The van der Waals surface area contributed by atoms with Crippen LogP contribution in [0, 0.1) is 18.6 Å². The second-order valence-electron chi connectivity index (χ2n) is 9.01. The summed E-state index contributed by atoms with van der Waals surface area (Å²) in [6.07, 6.45) is 1.68. The summed E-state index contributed by atoms with van der Waals surface area (Å²) in [5, 5.41) is -0.0943. The molecule has 5 rings (SSSR count). The molecular formula is C26H22F2N4O5S. The van der Waals surface area contributed by atoms with Crippen molar-refractivity contribution < 1.29 is 26.2 Å². The lowest BCUT2D eigenvalue weighted by Crippen LogP contribution is -2.27. The van der Waals surface area contributed by atoms with Gasteiger partial charge < -0.3 is 14.8 Å². The molecule has 38 heavy (non-hydrogen) atoms. The summed E-state index contributed by atoms with van der Waals surface area (Å²) >= 11 is 0. The van der Waals surface area contributed by atoms with Crippen molar-refractivity contribution in [2.45, 2.75) is 24.3 Å². The Bertz CT molecular complexity index is 1740. The third-order valence-electron chi connectivity index (χ3n) is 6.27. The van der Waals surface area contributed by atoms with Crippen LogP contribution in [-0.4, -0.2) is 43.1 Å². The number of pyridine rings is 2. The second kappa shape index (κ2) is 9.62. The molecule has 4 aromatic rings. The third kappa shape index (κ3) is 4.75. The Morgan fingerprint density at radius 1 is 1.11 bits per heavy atom. The smallest absolute Gasteiger partial charge is 0.355 e. The Morgan fingerprint density at radius 2 is 1.84 bits per heavy atom. The maximum Gasteiger partial charge on any atom is 0.359 e. The molecule has 0 amide bonds. The Hall–Kier alpha value is -4.16. The second-order valence-corrected chi connectivity index (χ2v) is 10.6. The molecule has 0 saturated carbocycles. The van der Waals surface area contributed by atoms with Gasteiger partial charge in [0, 0.05) is 31.4 Å². The van der Waals surface area contributed by atoms with Crippen molar-refractivity contribution in [3.8, 4) is 5.69 Å². The highest BCUT2D eigenvalue weighted by molar-refractivity contribution is 7.87. The van der Waals surface area contributed by atoms with Crippen LogP contribution in [0.15, 0.2) is 70.5 Å². The molecular weight excluding hydrogens is 518 g/mol. The number of nitrogens with zero attached hydrogens (tertiary/aromatic N) is 3. The Balaban J connectivity index is 1.65. The minimum Gasteiger partial charge on any atom is -0.355 e. The topological polar surface area (TPSA) is 125 Å². The van der Waals surface area contributed by atoms with Crippen molar-refractivity contribution in [1.29, 1.82) is 0 Å². The number of aryl methyl sites for hydroxylation is 1. The van der Waals surface area contributed by atoms with E-state index in [0.717, 1.165) is 34.9 Å². The average Bonchev–Trinajstić information content (AvgIpc) is 3.31. The van der Waals surface area contributed by atoms with Crippen LogP contribution in [0.3, 0.4) is 0 Å². The molecule has 3 heterocycles. The van der Waals surface area contributed by atoms with Crippen LogP contribution in [-0.2, 0) is 14.3 Å². The monoisotopic (exact) mass is 540 g/mol. The molecule has 9 nitrogen and oxygen atoms in total. The molecule has 2 aromatic carbocycles. The summed E-state index contributed by atoms with van der Waals surface area (Å²) in [6.45, 7) is 2.90. The molecule has 196 valence electrons. The van der Waals surface area contributed by atoms with Crippen LogP contribution in [0.5, 0.6) is 0 Å². The number of carbonyl (C=O) groups excluding carboxylic acids is 1. The molecule has 1 atom stereocenters. The Kier molecular flexibility index (Phi) is 6.45. The molecule has 1 fully saturated rings. The van der Waals surface area contributed by atoms with Crippen LogP contribution in [0.25, 0.3) is 16.7 Å². The van der Waals surface area contributed by atoms with Crippen molar-refractivity contribution in [3.05, 3.63) is 93.8 Å². The van der Waals surface area contributed by atoms with Crippen LogP contribution >= 0.6 is 0 Å². The predicted molar refractivity (Wildman–Crippen MR) is 136 cm³/mol. The van der Waals surface area contributed by atoms with Crippen molar-refractivity contribution in [2.75, 3.05) is 18.0 Å². The van der Waals surface area contributed by atoms with Crippen LogP contribution in [0.4, 0.5) is 14.6 Å². The van der Waals surface area contributed by atoms with Crippen LogP contribution in [0.2, 0.25) is 0 Å². The van der Waals surface area contributed by atoms with E-state index < -0.39 is 38.7 Å². The van der Waals surface area contributed by atoms with Gasteiger partial charge in [-0.1, -0.05) is 17.7 Å². The van der Waals surface area contributed by atoms with E-state index >= 15 is 0 Å². The normalized spacial score (nSPS) is 15.7. The average molecular weight is 541 g/mol. The van der Waals surface area contributed by atoms with E-state index in [4.69, 9.17) is 9.92 Å². The number of carbonyl (C=O) groups is 1. The lowest BCUT2D eigenvalue weighted by Gasteiger charge is -2.19. The van der Waals surface area contributed by atoms with E-state index in [9.17, 15) is 26.8 Å². The molecule has 2 aromatic heterocycles. The van der Waals surface area contributed by atoms with E-state index in [1.54, 1.807) is 13.0 Å². The van der Waals surface area contributed by atoms with Gasteiger partial charge in [-0.25, -0.2) is 18.6 Å². The fraction of sp³-hybridized carbons (Fsp3) is 0.192. The van der Waals surface area contributed by atoms with Gasteiger partial charge in [0.05, 0.1) is 11.1 Å². The van der Waals surface area contributed by atoms with E-state index in [1.807, 2.05) is 4.90 Å². The van der Waals surface area contributed by atoms with E-state index in [2.05, 4.69) is 4.98 Å². The number of aromatic nitrogens is 2. The molecule has 1 unspecified atom stereocenters. The third-order valence-corrected chi connectivity index (χ3v) is 7.49. The standard InChI is InChI=1S/C26H22F2N4O5S/c1-15-2-5-18(6-3-15)38(35,36)37-26(34)20-14-32(22-8-4-16(27)12-21(22)28)25-19(24(20)33)7-9-23(30-25)31-11-10-17(29)13-31/h2-9,12,14,17H,10-11,13,29H2,1H3. The summed E-state index contributed by atoms with van der Waals surface area (Å²) in [6, 6.07) is 11.3. The molecule has 0 bridgehead atoms. The first-order valence-electron chi connectivity index (χ1n) is 11.6. The number of benzene rings is 2. The zero-order valence-electron chi connectivity index (χ0n) is 20.1. The van der Waals surface area contributed by atoms with Crippen molar-refractivity contribution in [3.63, 3.8) is 0 Å². The van der Waals surface area contributed by atoms with Gasteiger partial charge in [-0.2, -0.15) is 8.42 Å². The number of hydrogen-bond donors (Lipinski definition) is 1. The van der Waals surface area contributed by atoms with Crippen molar-refractivity contribution in [2.24, 2.45) is 5.73 Å². The number of halogens is 2. The van der Waals surface area contributed by atoms with Gasteiger partial charge >= 0.3 is 16.1 Å². The predicted octanol–water partition coefficient (Wildman–Crippen LogP) is 3.06. The fourth-order valence-electron chi connectivity index (χ4n) is 4.27. The first kappa shape index (κ1) is 25.5. The zero-order valence-corrected chi connectivity index (χ0v) is 20.9. The summed E-state index contributed by atoms with van der Waals surface area (Å²) in [7, 11) is -4.56. The lowest BCUT2D eigenvalue weighted by atomic mass is 10.1. The summed E-state index contributed by atoms with van der Waals surface area (Å²) in [4.78, 5) is 32.4. The van der Waals surface area contributed by atoms with Gasteiger partial charge in [-0.15, -0.1) is 0 Å². The van der Waals surface area contributed by atoms with Crippen molar-refractivity contribution in [1.82, 2.24) is 9.55 Å². The van der Waals surface area contributed by atoms with Gasteiger partial charge in [-0.05, 0) is 49.7 Å². The maximum atomic E-state index is 14.9. The van der Waals surface area contributed by atoms with Crippen molar-refractivity contribution >= 4 is 32.9 Å². The minimum atomic E-state index is -4.56. The Labute approximate surface area is 216 Å². The molecule has 12 heteroatoms. The first-order chi connectivity index (χ1) is 18.0. The number of fused-ring (bicyclic) bond motifs is 1. The quantitative estimate of drug-likeness (QED) is 0.383. The highest BCUT2D eigenvalue weighted by Crippen LogP contribution is 2.25. The number of anilines is 1. The minimum absolute atomic E-state index is 0.0172.